The first-order chi connectivity index (χ1) is 14.4. The van der Waals surface area contributed by atoms with Crippen LogP contribution in [-0.2, 0) is 15.0 Å². The van der Waals surface area contributed by atoms with Gasteiger partial charge < -0.3 is 5.32 Å². The van der Waals surface area contributed by atoms with Gasteiger partial charge in [0.2, 0.25) is 11.8 Å². The van der Waals surface area contributed by atoms with Gasteiger partial charge in [0.1, 0.15) is 5.82 Å². The largest absolute Gasteiger partial charge is 0.351 e. The van der Waals surface area contributed by atoms with Crippen molar-refractivity contribution in [1.29, 1.82) is 0 Å². The minimum absolute atomic E-state index is 0.186. The fraction of sp³-hybridized carbons (Fsp3) is 0.375. The number of halogens is 1. The Balaban J connectivity index is 1.52. The maximum absolute atomic E-state index is 13.8. The van der Waals surface area contributed by atoms with Crippen LogP contribution in [-0.4, -0.2) is 24.3 Å². The third-order valence-corrected chi connectivity index (χ3v) is 6.32. The van der Waals surface area contributed by atoms with Gasteiger partial charge in [-0.3, -0.25) is 19.3 Å². The molecule has 1 atom stereocenters. The average molecular weight is 408 g/mol. The molecule has 5 nitrogen and oxygen atoms in total. The molecule has 3 amide bonds. The predicted octanol–water partition coefficient (Wildman–Crippen LogP) is 3.97. The molecule has 1 saturated carbocycles. The van der Waals surface area contributed by atoms with Crippen molar-refractivity contribution in [3.63, 3.8) is 0 Å². The molecule has 2 aliphatic rings. The zero-order valence-electron chi connectivity index (χ0n) is 17.0. The number of hydrogen-bond donors (Lipinski definition) is 1. The summed E-state index contributed by atoms with van der Waals surface area (Å²) in [5.41, 5.74) is 1.45. The molecule has 1 heterocycles. The Bertz CT molecular complexity index is 997. The van der Waals surface area contributed by atoms with E-state index in [2.05, 4.69) is 5.32 Å². The van der Waals surface area contributed by atoms with Crippen LogP contribution < -0.4 is 10.2 Å². The molecule has 156 valence electrons. The van der Waals surface area contributed by atoms with Gasteiger partial charge in [0, 0.05) is 29.9 Å². The summed E-state index contributed by atoms with van der Waals surface area (Å²) < 4.78 is 13.8. The maximum atomic E-state index is 13.8. The molecule has 2 aromatic rings. The van der Waals surface area contributed by atoms with Gasteiger partial charge in [-0.15, -0.1) is 0 Å². The third kappa shape index (κ3) is 3.74. The predicted molar refractivity (Wildman–Crippen MR) is 112 cm³/mol. The Morgan fingerprint density at radius 3 is 2.53 bits per heavy atom. The summed E-state index contributed by atoms with van der Waals surface area (Å²) >= 11 is 0. The first kappa shape index (κ1) is 20.3. The Hall–Kier alpha value is -3.02. The van der Waals surface area contributed by atoms with Crippen molar-refractivity contribution in [3.05, 3.63) is 65.5 Å². The SMILES string of the molecule is CC1CC(=O)N(c2cccc(C(=O)NCC3(c4cccc(F)c4)CCCC3)c2)C1=O. The van der Waals surface area contributed by atoms with E-state index in [1.54, 1.807) is 43.3 Å². The van der Waals surface area contributed by atoms with Crippen molar-refractivity contribution in [1.82, 2.24) is 5.32 Å². The Morgan fingerprint density at radius 2 is 1.87 bits per heavy atom. The van der Waals surface area contributed by atoms with E-state index >= 15 is 0 Å². The molecule has 30 heavy (non-hydrogen) atoms. The summed E-state index contributed by atoms with van der Waals surface area (Å²) in [5.74, 6) is -1.38. The number of carbonyl (C=O) groups is 3. The van der Waals surface area contributed by atoms with E-state index in [-0.39, 0.29) is 41.3 Å². The van der Waals surface area contributed by atoms with E-state index in [4.69, 9.17) is 0 Å². The lowest BCUT2D eigenvalue weighted by Crippen LogP contribution is -2.39. The highest BCUT2D eigenvalue weighted by atomic mass is 19.1. The fourth-order valence-corrected chi connectivity index (χ4v) is 4.63. The molecule has 0 spiro atoms. The first-order valence-electron chi connectivity index (χ1n) is 10.4. The minimum Gasteiger partial charge on any atom is -0.351 e. The molecule has 4 rings (SSSR count). The summed E-state index contributed by atoms with van der Waals surface area (Å²) in [6.45, 7) is 2.14. The second kappa shape index (κ2) is 8.01. The van der Waals surface area contributed by atoms with Crippen LogP contribution in [0.4, 0.5) is 10.1 Å². The second-order valence-corrected chi connectivity index (χ2v) is 8.40. The molecule has 1 saturated heterocycles. The summed E-state index contributed by atoms with van der Waals surface area (Å²) in [7, 11) is 0. The van der Waals surface area contributed by atoms with Crippen LogP contribution >= 0.6 is 0 Å². The van der Waals surface area contributed by atoms with E-state index in [1.807, 2.05) is 6.07 Å². The van der Waals surface area contributed by atoms with Gasteiger partial charge in [-0.25, -0.2) is 4.39 Å². The quantitative estimate of drug-likeness (QED) is 0.762. The van der Waals surface area contributed by atoms with Crippen LogP contribution in [0.25, 0.3) is 0 Å². The molecule has 1 aliphatic carbocycles. The number of nitrogens with one attached hydrogen (secondary N) is 1. The van der Waals surface area contributed by atoms with Gasteiger partial charge in [-0.05, 0) is 48.7 Å². The smallest absolute Gasteiger partial charge is 0.251 e. The summed E-state index contributed by atoms with van der Waals surface area (Å²) in [5, 5.41) is 3.00. The van der Waals surface area contributed by atoms with Gasteiger partial charge in [-0.2, -0.15) is 0 Å². The zero-order chi connectivity index (χ0) is 21.3. The summed E-state index contributed by atoms with van der Waals surface area (Å²) in [6.07, 6.45) is 4.06. The highest BCUT2D eigenvalue weighted by Gasteiger charge is 2.38. The van der Waals surface area contributed by atoms with Crippen LogP contribution in [0.2, 0.25) is 0 Å². The number of anilines is 1. The number of carbonyl (C=O) groups excluding carboxylic acids is 3. The topological polar surface area (TPSA) is 66.5 Å². The lowest BCUT2D eigenvalue weighted by Gasteiger charge is -2.30. The van der Waals surface area contributed by atoms with E-state index in [0.717, 1.165) is 36.1 Å². The van der Waals surface area contributed by atoms with Crippen LogP contribution in [0, 0.1) is 11.7 Å². The van der Waals surface area contributed by atoms with Crippen molar-refractivity contribution in [3.8, 4) is 0 Å². The maximum Gasteiger partial charge on any atom is 0.251 e. The number of imide groups is 1. The van der Waals surface area contributed by atoms with Gasteiger partial charge in [0.15, 0.2) is 0 Å². The van der Waals surface area contributed by atoms with Crippen LogP contribution in [0.5, 0.6) is 0 Å². The number of rotatable bonds is 5. The van der Waals surface area contributed by atoms with E-state index in [1.165, 1.54) is 6.07 Å². The Morgan fingerprint density at radius 1 is 1.13 bits per heavy atom. The van der Waals surface area contributed by atoms with Crippen molar-refractivity contribution in [2.75, 3.05) is 11.4 Å². The molecule has 0 bridgehead atoms. The average Bonchev–Trinajstić information content (AvgIpc) is 3.31. The molecule has 0 aromatic heterocycles. The molecule has 1 N–H and O–H groups in total. The molecule has 2 aromatic carbocycles. The first-order valence-corrected chi connectivity index (χ1v) is 10.4. The second-order valence-electron chi connectivity index (χ2n) is 8.40. The monoisotopic (exact) mass is 408 g/mol. The van der Waals surface area contributed by atoms with E-state index in [9.17, 15) is 18.8 Å². The van der Waals surface area contributed by atoms with Crippen molar-refractivity contribution >= 4 is 23.4 Å². The van der Waals surface area contributed by atoms with E-state index < -0.39 is 0 Å². The van der Waals surface area contributed by atoms with Crippen LogP contribution in [0.1, 0.15) is 54.9 Å². The van der Waals surface area contributed by atoms with Gasteiger partial charge in [0.05, 0.1) is 5.69 Å². The highest BCUT2D eigenvalue weighted by molar-refractivity contribution is 6.21. The standard InChI is InChI=1S/C24H25FN2O3/c1-16-12-21(28)27(23(16)30)20-9-4-6-17(13-20)22(29)26-15-24(10-2-3-11-24)18-7-5-8-19(25)14-18/h4-9,13-14,16H,2-3,10-12,15H2,1H3,(H,26,29). The van der Waals surface area contributed by atoms with Crippen molar-refractivity contribution in [2.24, 2.45) is 5.92 Å². The minimum atomic E-state index is -0.344. The molecular formula is C24H25FN2O3. The zero-order valence-corrected chi connectivity index (χ0v) is 17.0. The van der Waals surface area contributed by atoms with Gasteiger partial charge in [-0.1, -0.05) is 38.0 Å². The van der Waals surface area contributed by atoms with Gasteiger partial charge in [0.25, 0.3) is 5.91 Å². The number of hydrogen-bond acceptors (Lipinski definition) is 3. The summed E-state index contributed by atoms with van der Waals surface area (Å²) in [6, 6.07) is 13.2. The molecule has 1 aliphatic heterocycles. The van der Waals surface area contributed by atoms with Crippen LogP contribution in [0.15, 0.2) is 48.5 Å². The van der Waals surface area contributed by atoms with Gasteiger partial charge >= 0.3 is 0 Å². The fourth-order valence-electron chi connectivity index (χ4n) is 4.63. The van der Waals surface area contributed by atoms with E-state index in [0.29, 0.717) is 17.8 Å². The normalized spacial score (nSPS) is 20.6. The lowest BCUT2D eigenvalue weighted by molar-refractivity contribution is -0.122. The highest BCUT2D eigenvalue weighted by Crippen LogP contribution is 2.41. The Kier molecular flexibility index (Phi) is 5.41. The molecule has 2 fully saturated rings. The number of amides is 3. The van der Waals surface area contributed by atoms with Crippen LogP contribution in [0.3, 0.4) is 0 Å². The molecule has 6 heteroatoms. The summed E-state index contributed by atoms with van der Waals surface area (Å²) in [4.78, 5) is 38.5. The molecule has 0 radical (unpaired) electrons. The number of benzene rings is 2. The number of nitrogens with zero attached hydrogens (tertiary/aromatic N) is 1. The van der Waals surface area contributed by atoms with Crippen molar-refractivity contribution < 1.29 is 18.8 Å². The van der Waals surface area contributed by atoms with Crippen molar-refractivity contribution in [2.45, 2.75) is 44.4 Å². The Labute approximate surface area is 175 Å². The molecular weight excluding hydrogens is 383 g/mol. The third-order valence-electron chi connectivity index (χ3n) is 6.32. The lowest BCUT2D eigenvalue weighted by atomic mass is 9.78. The molecule has 1 unspecified atom stereocenters.